The van der Waals surface area contributed by atoms with Crippen LogP contribution in [0.4, 0.5) is 0 Å². The molecule has 3 aromatic rings. The first-order valence-corrected chi connectivity index (χ1v) is 15.5. The summed E-state index contributed by atoms with van der Waals surface area (Å²) in [6.45, 7) is 0. The molecule has 3 nitrogen and oxygen atoms in total. The lowest BCUT2D eigenvalue weighted by Crippen LogP contribution is -2.22. The minimum Gasteiger partial charge on any atom is -0.254 e. The Morgan fingerprint density at radius 3 is 2.55 bits per heavy atom. The smallest absolute Gasteiger partial charge is 0.178 e. The highest BCUT2D eigenvalue weighted by molar-refractivity contribution is 7.99. The summed E-state index contributed by atoms with van der Waals surface area (Å²) in [6.07, 6.45) is 3.38. The SMILES string of the molecule is O=S1CC(c2ccc3c(c2)CCCS3(=O)=O)Cc2ccc(C3CSc4ccccc4C3)cc21. The minimum absolute atomic E-state index is 0.163. The fraction of sp³-hybridized carbons (Fsp3) is 0.333. The van der Waals surface area contributed by atoms with Crippen LogP contribution in [0.25, 0.3) is 0 Å². The van der Waals surface area contributed by atoms with Crippen molar-refractivity contribution >= 4 is 32.4 Å². The topological polar surface area (TPSA) is 51.2 Å². The van der Waals surface area contributed by atoms with Gasteiger partial charge in [-0.05, 0) is 83.5 Å². The van der Waals surface area contributed by atoms with Crippen LogP contribution in [0, 0.1) is 0 Å². The molecule has 3 atom stereocenters. The Morgan fingerprint density at radius 1 is 0.848 bits per heavy atom. The Hall–Kier alpha value is -1.89. The summed E-state index contributed by atoms with van der Waals surface area (Å²) in [7, 11) is -4.19. The van der Waals surface area contributed by atoms with Gasteiger partial charge in [0.1, 0.15) is 0 Å². The number of benzene rings is 3. The molecule has 3 aliphatic heterocycles. The lowest BCUT2D eigenvalue weighted by molar-refractivity contribution is 0.586. The Balaban J connectivity index is 1.26. The number of sulfone groups is 1. The molecule has 3 unspecified atom stereocenters. The van der Waals surface area contributed by atoms with Gasteiger partial charge in [-0.1, -0.05) is 42.5 Å². The summed E-state index contributed by atoms with van der Waals surface area (Å²) >= 11 is 1.92. The molecule has 0 bridgehead atoms. The Labute approximate surface area is 202 Å². The van der Waals surface area contributed by atoms with Crippen molar-refractivity contribution in [2.24, 2.45) is 0 Å². The molecule has 6 heteroatoms. The van der Waals surface area contributed by atoms with E-state index in [0.29, 0.717) is 23.0 Å². The standard InChI is InChI=1S/C27H26O3S3/c28-32-17-24(18-9-10-27-22(12-18)5-3-11-33(27,29)30)14-21-8-7-19(15-26(21)32)23-13-20-4-1-2-6-25(20)31-16-23/h1-2,4,6-10,12,15,23-24H,3,5,11,13-14,16-17H2. The fourth-order valence-corrected chi connectivity index (χ4v) is 9.82. The molecule has 0 saturated heterocycles. The van der Waals surface area contributed by atoms with E-state index in [-0.39, 0.29) is 11.7 Å². The monoisotopic (exact) mass is 494 g/mol. The molecule has 0 spiro atoms. The van der Waals surface area contributed by atoms with Crippen molar-refractivity contribution in [3.05, 3.63) is 88.5 Å². The van der Waals surface area contributed by atoms with Crippen LogP contribution < -0.4 is 0 Å². The molecule has 3 aromatic carbocycles. The number of hydrogen-bond acceptors (Lipinski definition) is 4. The van der Waals surface area contributed by atoms with Crippen molar-refractivity contribution in [3.8, 4) is 0 Å². The van der Waals surface area contributed by atoms with E-state index in [1.165, 1.54) is 21.6 Å². The van der Waals surface area contributed by atoms with Crippen molar-refractivity contribution in [2.75, 3.05) is 17.3 Å². The van der Waals surface area contributed by atoms with Crippen LogP contribution in [0.3, 0.4) is 0 Å². The average molecular weight is 495 g/mol. The predicted molar refractivity (Wildman–Crippen MR) is 135 cm³/mol. The molecule has 3 heterocycles. The highest BCUT2D eigenvalue weighted by Crippen LogP contribution is 2.40. The van der Waals surface area contributed by atoms with Crippen LogP contribution in [0.2, 0.25) is 0 Å². The average Bonchev–Trinajstić information content (AvgIpc) is 2.83. The summed E-state index contributed by atoms with van der Waals surface area (Å²) in [4.78, 5) is 2.87. The third-order valence-electron chi connectivity index (χ3n) is 7.26. The van der Waals surface area contributed by atoms with Crippen LogP contribution >= 0.6 is 11.8 Å². The summed E-state index contributed by atoms with van der Waals surface area (Å²) in [5.74, 6) is 2.52. The van der Waals surface area contributed by atoms with Crippen molar-refractivity contribution < 1.29 is 12.6 Å². The number of fused-ring (bicyclic) bond motifs is 3. The van der Waals surface area contributed by atoms with Gasteiger partial charge in [-0.15, -0.1) is 11.8 Å². The van der Waals surface area contributed by atoms with E-state index < -0.39 is 20.6 Å². The molecule has 0 aromatic heterocycles. The first kappa shape index (κ1) is 21.6. The van der Waals surface area contributed by atoms with Crippen LogP contribution in [0.5, 0.6) is 0 Å². The van der Waals surface area contributed by atoms with Gasteiger partial charge in [-0.25, -0.2) is 8.42 Å². The first-order valence-electron chi connectivity index (χ1n) is 11.6. The van der Waals surface area contributed by atoms with Crippen molar-refractivity contribution in [1.82, 2.24) is 0 Å². The van der Waals surface area contributed by atoms with Gasteiger partial charge in [-0.2, -0.15) is 0 Å². The lowest BCUT2D eigenvalue weighted by atomic mass is 9.88. The van der Waals surface area contributed by atoms with E-state index >= 15 is 0 Å². The second-order valence-electron chi connectivity index (χ2n) is 9.39. The maximum atomic E-state index is 13.3. The first-order chi connectivity index (χ1) is 16.0. The predicted octanol–water partition coefficient (Wildman–Crippen LogP) is 5.29. The molecule has 6 rings (SSSR count). The molecular formula is C27H26O3S3. The summed E-state index contributed by atoms with van der Waals surface area (Å²) < 4.78 is 38.0. The normalized spacial score (nSPS) is 25.5. The van der Waals surface area contributed by atoms with Gasteiger partial charge in [0.15, 0.2) is 9.84 Å². The van der Waals surface area contributed by atoms with Gasteiger partial charge in [0, 0.05) is 21.3 Å². The van der Waals surface area contributed by atoms with Gasteiger partial charge in [0.25, 0.3) is 0 Å². The zero-order chi connectivity index (χ0) is 22.6. The molecule has 0 fully saturated rings. The highest BCUT2D eigenvalue weighted by Gasteiger charge is 2.30. The van der Waals surface area contributed by atoms with Gasteiger partial charge >= 0.3 is 0 Å². The molecule has 0 aliphatic carbocycles. The van der Waals surface area contributed by atoms with Gasteiger partial charge in [0.2, 0.25) is 0 Å². The molecule has 0 saturated carbocycles. The zero-order valence-corrected chi connectivity index (χ0v) is 20.8. The van der Waals surface area contributed by atoms with E-state index in [1.54, 1.807) is 6.07 Å². The molecule has 0 amide bonds. The van der Waals surface area contributed by atoms with Crippen LogP contribution in [0.15, 0.2) is 75.4 Å². The van der Waals surface area contributed by atoms with Crippen molar-refractivity contribution in [3.63, 3.8) is 0 Å². The van der Waals surface area contributed by atoms with Gasteiger partial charge in [0.05, 0.1) is 21.4 Å². The van der Waals surface area contributed by atoms with E-state index in [4.69, 9.17) is 0 Å². The highest BCUT2D eigenvalue weighted by atomic mass is 32.2. The number of rotatable bonds is 2. The molecule has 3 aliphatic rings. The molecular weight excluding hydrogens is 468 g/mol. The molecule has 0 radical (unpaired) electrons. The molecule has 33 heavy (non-hydrogen) atoms. The molecule has 0 N–H and O–H groups in total. The van der Waals surface area contributed by atoms with Gasteiger partial charge < -0.3 is 0 Å². The van der Waals surface area contributed by atoms with Gasteiger partial charge in [-0.3, -0.25) is 4.21 Å². The maximum absolute atomic E-state index is 13.3. The summed E-state index contributed by atoms with van der Waals surface area (Å²) in [6, 6.07) is 21.0. The van der Waals surface area contributed by atoms with Crippen LogP contribution in [0.1, 0.15) is 46.1 Å². The Morgan fingerprint density at radius 2 is 1.64 bits per heavy atom. The van der Waals surface area contributed by atoms with Crippen LogP contribution in [-0.4, -0.2) is 29.9 Å². The Kier molecular flexibility index (Phi) is 5.51. The number of hydrogen-bond donors (Lipinski definition) is 0. The number of aryl methyl sites for hydroxylation is 1. The van der Waals surface area contributed by atoms with Crippen molar-refractivity contribution in [1.29, 1.82) is 0 Å². The maximum Gasteiger partial charge on any atom is 0.178 e. The summed E-state index contributed by atoms with van der Waals surface area (Å²) in [5.41, 5.74) is 5.92. The van der Waals surface area contributed by atoms with Crippen molar-refractivity contribution in [2.45, 2.75) is 52.2 Å². The quantitative estimate of drug-likeness (QED) is 0.486. The second kappa shape index (κ2) is 8.40. The third kappa shape index (κ3) is 4.00. The third-order valence-corrected chi connectivity index (χ3v) is 12.0. The van der Waals surface area contributed by atoms with Crippen LogP contribution in [-0.2, 0) is 39.9 Å². The van der Waals surface area contributed by atoms with E-state index in [9.17, 15) is 12.6 Å². The minimum atomic E-state index is -3.14. The largest absolute Gasteiger partial charge is 0.254 e. The van der Waals surface area contributed by atoms with E-state index in [0.717, 1.165) is 41.0 Å². The van der Waals surface area contributed by atoms with E-state index in [2.05, 4.69) is 48.5 Å². The molecule has 170 valence electrons. The number of thioether (sulfide) groups is 1. The summed E-state index contributed by atoms with van der Waals surface area (Å²) in [5, 5.41) is 0. The zero-order valence-electron chi connectivity index (χ0n) is 18.3. The lowest BCUT2D eigenvalue weighted by Gasteiger charge is -2.28. The Bertz CT molecular complexity index is 1380. The second-order valence-corrected chi connectivity index (χ2v) is 14.0. The fourth-order valence-electron chi connectivity index (χ4n) is 5.47. The van der Waals surface area contributed by atoms with E-state index in [1.807, 2.05) is 17.8 Å².